The molecule has 2 rings (SSSR count). The Morgan fingerprint density at radius 3 is 2.53 bits per heavy atom. The topological polar surface area (TPSA) is 40.5 Å². The Morgan fingerprint density at radius 2 is 1.76 bits per heavy atom. The molecule has 0 aromatic rings. The first-order valence-electron chi connectivity index (χ1n) is 7.14. The first-order chi connectivity index (χ1) is 8.20. The van der Waals surface area contributed by atoms with Crippen molar-refractivity contribution in [3.05, 3.63) is 0 Å². The molecule has 0 spiro atoms. The fraction of sp³-hybridized carbons (Fsp3) is 0.929. The van der Waals surface area contributed by atoms with Gasteiger partial charge in [0, 0.05) is 6.04 Å². The molecule has 1 saturated carbocycles. The maximum Gasteiger partial charge on any atom is 0.146 e. The number of hydrogen-bond donors (Lipinski definition) is 1. The summed E-state index contributed by atoms with van der Waals surface area (Å²) in [5.41, 5.74) is 0. The van der Waals surface area contributed by atoms with Crippen LogP contribution in [0.5, 0.6) is 0 Å². The Morgan fingerprint density at radius 1 is 1.06 bits per heavy atom. The van der Waals surface area contributed by atoms with Crippen LogP contribution in [-0.4, -0.2) is 40.5 Å². The summed E-state index contributed by atoms with van der Waals surface area (Å²) in [6, 6.07) is 0.299. The Labute approximate surface area is 104 Å². The van der Waals surface area contributed by atoms with Crippen LogP contribution >= 0.6 is 0 Å². The minimum Gasteiger partial charge on any atom is -0.391 e. The molecule has 17 heavy (non-hydrogen) atoms. The van der Waals surface area contributed by atoms with E-state index in [-0.39, 0.29) is 24.0 Å². The van der Waals surface area contributed by atoms with Crippen LogP contribution in [0.3, 0.4) is 0 Å². The Balaban J connectivity index is 2.08. The lowest BCUT2D eigenvalue weighted by Crippen LogP contribution is -2.53. The van der Waals surface area contributed by atoms with Crippen molar-refractivity contribution in [3.63, 3.8) is 0 Å². The Hall–Kier alpha value is -0.410. The second-order valence-electron chi connectivity index (χ2n) is 5.63. The van der Waals surface area contributed by atoms with Crippen molar-refractivity contribution in [3.8, 4) is 0 Å². The normalized spacial score (nSPS) is 36.5. The quantitative estimate of drug-likeness (QED) is 0.750. The predicted molar refractivity (Wildman–Crippen MR) is 67.9 cm³/mol. The highest BCUT2D eigenvalue weighted by atomic mass is 16.3. The van der Waals surface area contributed by atoms with Crippen LogP contribution in [0.1, 0.15) is 58.3 Å². The molecule has 1 aliphatic carbocycles. The number of aliphatic hydroxyl groups is 1. The lowest BCUT2D eigenvalue weighted by atomic mass is 9.93. The van der Waals surface area contributed by atoms with Crippen molar-refractivity contribution < 1.29 is 9.90 Å². The number of nitrogens with zero attached hydrogens (tertiary/aromatic N) is 1. The Bertz CT molecular complexity index is 267. The zero-order chi connectivity index (χ0) is 12.3. The molecular weight excluding hydrogens is 214 g/mol. The number of rotatable bonds is 2. The van der Waals surface area contributed by atoms with Crippen molar-refractivity contribution in [2.75, 3.05) is 6.54 Å². The number of aliphatic hydroxyl groups excluding tert-OH is 1. The zero-order valence-corrected chi connectivity index (χ0v) is 10.9. The van der Waals surface area contributed by atoms with Gasteiger partial charge in [-0.3, -0.25) is 9.69 Å². The van der Waals surface area contributed by atoms with Gasteiger partial charge < -0.3 is 5.11 Å². The molecule has 3 atom stereocenters. The van der Waals surface area contributed by atoms with Gasteiger partial charge in [-0.25, -0.2) is 0 Å². The minimum absolute atomic E-state index is 0.0708. The van der Waals surface area contributed by atoms with Crippen LogP contribution in [0.15, 0.2) is 0 Å². The summed E-state index contributed by atoms with van der Waals surface area (Å²) in [5, 5.41) is 10.2. The van der Waals surface area contributed by atoms with E-state index in [9.17, 15) is 9.90 Å². The highest BCUT2D eigenvalue weighted by Gasteiger charge is 2.35. The lowest BCUT2D eigenvalue weighted by molar-refractivity contribution is -0.126. The molecular formula is C14H25NO2. The van der Waals surface area contributed by atoms with E-state index in [1.54, 1.807) is 6.92 Å². The molecule has 2 fully saturated rings. The first kappa shape index (κ1) is 13.0. The summed E-state index contributed by atoms with van der Waals surface area (Å²) in [6.07, 6.45) is 8.62. The van der Waals surface area contributed by atoms with E-state index in [0.29, 0.717) is 0 Å². The molecule has 0 aromatic carbocycles. The van der Waals surface area contributed by atoms with Crippen LogP contribution in [0.4, 0.5) is 0 Å². The monoisotopic (exact) mass is 239 g/mol. The molecule has 3 heteroatoms. The third-order valence-corrected chi connectivity index (χ3v) is 4.38. The van der Waals surface area contributed by atoms with Crippen molar-refractivity contribution >= 4 is 5.78 Å². The molecule has 3 nitrogen and oxygen atoms in total. The summed E-state index contributed by atoms with van der Waals surface area (Å²) in [6.45, 7) is 2.69. The van der Waals surface area contributed by atoms with Gasteiger partial charge in [0.25, 0.3) is 0 Å². The number of Topliss-reactive ketones (excluding diaryl/α,β-unsaturated/α-hetero) is 1. The number of hydrogen-bond acceptors (Lipinski definition) is 3. The highest BCUT2D eigenvalue weighted by Crippen LogP contribution is 2.28. The largest absolute Gasteiger partial charge is 0.391 e. The molecule has 0 amide bonds. The lowest BCUT2D eigenvalue weighted by Gasteiger charge is -2.41. The van der Waals surface area contributed by atoms with Crippen LogP contribution in [-0.2, 0) is 4.79 Å². The van der Waals surface area contributed by atoms with Gasteiger partial charge in [0.1, 0.15) is 5.78 Å². The average molecular weight is 239 g/mol. The molecule has 98 valence electrons. The van der Waals surface area contributed by atoms with Crippen LogP contribution in [0.25, 0.3) is 0 Å². The third kappa shape index (κ3) is 3.08. The summed E-state index contributed by atoms with van der Waals surface area (Å²) in [7, 11) is 0. The first-order valence-corrected chi connectivity index (χ1v) is 7.14. The number of carbonyl (C=O) groups is 1. The average Bonchev–Trinajstić information content (AvgIpc) is 2.54. The van der Waals surface area contributed by atoms with E-state index in [0.717, 1.165) is 38.6 Å². The molecule has 1 aliphatic heterocycles. The SMILES string of the molecule is CC(=O)C1CCCCN1C1CCCCCC1O. The van der Waals surface area contributed by atoms with Crippen LogP contribution < -0.4 is 0 Å². The third-order valence-electron chi connectivity index (χ3n) is 4.38. The molecule has 1 saturated heterocycles. The minimum atomic E-state index is -0.225. The number of ketones is 1. The van der Waals surface area contributed by atoms with E-state index < -0.39 is 0 Å². The maximum absolute atomic E-state index is 11.7. The summed E-state index contributed by atoms with van der Waals surface area (Å²) in [4.78, 5) is 14.0. The number of carbonyl (C=O) groups excluding carboxylic acids is 1. The summed E-state index contributed by atoms with van der Waals surface area (Å²) in [5.74, 6) is 0.279. The van der Waals surface area contributed by atoms with E-state index in [1.165, 1.54) is 19.3 Å². The summed E-state index contributed by atoms with van der Waals surface area (Å²) < 4.78 is 0. The maximum atomic E-state index is 11.7. The van der Waals surface area contributed by atoms with E-state index in [2.05, 4.69) is 4.90 Å². The van der Waals surface area contributed by atoms with Crippen molar-refractivity contribution in [1.82, 2.24) is 4.90 Å². The van der Waals surface area contributed by atoms with Crippen molar-refractivity contribution in [2.45, 2.75) is 76.5 Å². The van der Waals surface area contributed by atoms with Crippen LogP contribution in [0, 0.1) is 0 Å². The zero-order valence-electron chi connectivity index (χ0n) is 10.9. The highest BCUT2D eigenvalue weighted by molar-refractivity contribution is 5.81. The van der Waals surface area contributed by atoms with Gasteiger partial charge in [-0.1, -0.05) is 25.7 Å². The van der Waals surface area contributed by atoms with Gasteiger partial charge in [-0.2, -0.15) is 0 Å². The van der Waals surface area contributed by atoms with Gasteiger partial charge in [0.15, 0.2) is 0 Å². The molecule has 2 aliphatic rings. The smallest absolute Gasteiger partial charge is 0.146 e. The van der Waals surface area contributed by atoms with Gasteiger partial charge in [0.2, 0.25) is 0 Å². The number of piperidine rings is 1. The second kappa shape index (κ2) is 5.96. The Kier molecular flexibility index (Phi) is 4.57. The predicted octanol–water partition coefficient (Wildman–Crippen LogP) is 2.12. The fourth-order valence-electron chi connectivity index (χ4n) is 3.44. The van der Waals surface area contributed by atoms with Crippen molar-refractivity contribution in [2.24, 2.45) is 0 Å². The van der Waals surface area contributed by atoms with E-state index >= 15 is 0 Å². The van der Waals surface area contributed by atoms with E-state index in [4.69, 9.17) is 0 Å². The summed E-state index contributed by atoms with van der Waals surface area (Å²) >= 11 is 0. The number of likely N-dealkylation sites (tertiary alicyclic amines) is 1. The fourth-order valence-corrected chi connectivity index (χ4v) is 3.44. The molecule has 3 unspecified atom stereocenters. The van der Waals surface area contributed by atoms with Crippen LogP contribution in [0.2, 0.25) is 0 Å². The van der Waals surface area contributed by atoms with Crippen molar-refractivity contribution in [1.29, 1.82) is 0 Å². The molecule has 0 radical (unpaired) electrons. The molecule has 0 bridgehead atoms. The van der Waals surface area contributed by atoms with E-state index in [1.807, 2.05) is 0 Å². The van der Waals surface area contributed by atoms with Gasteiger partial charge in [0.05, 0.1) is 12.1 Å². The van der Waals surface area contributed by atoms with Gasteiger partial charge in [-0.15, -0.1) is 0 Å². The molecule has 0 aromatic heterocycles. The molecule has 1 N–H and O–H groups in total. The second-order valence-corrected chi connectivity index (χ2v) is 5.63. The molecule has 1 heterocycles. The van der Waals surface area contributed by atoms with Gasteiger partial charge >= 0.3 is 0 Å². The standard InChI is InChI=1S/C14H25NO2/c1-11(16)12-7-5-6-10-15(12)13-8-3-2-4-9-14(13)17/h12-14,17H,2-10H2,1H3. The van der Waals surface area contributed by atoms with Gasteiger partial charge in [-0.05, 0) is 39.2 Å².